The Morgan fingerprint density at radius 3 is 2.88 bits per heavy atom. The van der Waals surface area contributed by atoms with Crippen LogP contribution in [0, 0.1) is 12.8 Å². The van der Waals surface area contributed by atoms with Gasteiger partial charge < -0.3 is 0 Å². The maximum atomic E-state index is 5.65. The third-order valence-corrected chi connectivity index (χ3v) is 3.65. The average Bonchev–Trinajstić information content (AvgIpc) is 2.55. The van der Waals surface area contributed by atoms with E-state index in [-0.39, 0.29) is 0 Å². The Kier molecular flexibility index (Phi) is 3.61. The lowest BCUT2D eigenvalue weighted by Gasteiger charge is -2.33. The Hall–Kier alpha value is -0.870. The molecule has 0 radical (unpaired) electrons. The van der Waals surface area contributed by atoms with Crippen molar-refractivity contribution in [1.29, 1.82) is 0 Å². The summed E-state index contributed by atoms with van der Waals surface area (Å²) in [4.78, 5) is 0. The third-order valence-electron chi connectivity index (χ3n) is 3.65. The van der Waals surface area contributed by atoms with Crippen molar-refractivity contribution in [2.45, 2.75) is 52.1 Å². The predicted octanol–water partition coefficient (Wildman–Crippen LogP) is 1.39. The van der Waals surface area contributed by atoms with Gasteiger partial charge in [0.05, 0.1) is 5.69 Å². The first-order valence-electron chi connectivity index (χ1n) is 6.24. The maximum absolute atomic E-state index is 5.65. The van der Waals surface area contributed by atoms with Crippen molar-refractivity contribution in [3.8, 4) is 0 Å². The van der Waals surface area contributed by atoms with Crippen LogP contribution in [-0.4, -0.2) is 15.8 Å². The highest BCUT2D eigenvalue weighted by molar-refractivity contribution is 5.11. The first-order valence-corrected chi connectivity index (χ1v) is 6.24. The summed E-state index contributed by atoms with van der Waals surface area (Å²) < 4.78 is 2.08. The molecule has 1 aromatic rings. The second-order valence-corrected chi connectivity index (χ2v) is 4.76. The number of hydrogen-bond donors (Lipinski definition) is 2. The van der Waals surface area contributed by atoms with Crippen LogP contribution < -0.4 is 11.3 Å². The maximum Gasteiger partial charge on any atom is 0.0596 e. The zero-order valence-corrected chi connectivity index (χ0v) is 10.2. The molecule has 0 amide bonds. The molecule has 4 nitrogen and oxygen atoms in total. The molecule has 1 aliphatic rings. The normalized spacial score (nSPS) is 18.4. The van der Waals surface area contributed by atoms with E-state index in [1.807, 2.05) is 6.92 Å². The number of rotatable bonds is 5. The number of aromatic nitrogens is 2. The van der Waals surface area contributed by atoms with Gasteiger partial charge >= 0.3 is 0 Å². The molecule has 0 saturated heterocycles. The molecule has 4 heteroatoms. The minimum atomic E-state index is 0.412. The van der Waals surface area contributed by atoms with Gasteiger partial charge in [-0.3, -0.25) is 16.0 Å². The summed E-state index contributed by atoms with van der Waals surface area (Å²) in [6.45, 7) is 5.11. The quantitative estimate of drug-likeness (QED) is 0.584. The van der Waals surface area contributed by atoms with E-state index < -0.39 is 0 Å². The van der Waals surface area contributed by atoms with E-state index in [0.29, 0.717) is 6.04 Å². The van der Waals surface area contributed by atoms with Gasteiger partial charge in [0.2, 0.25) is 0 Å². The average molecular weight is 222 g/mol. The summed E-state index contributed by atoms with van der Waals surface area (Å²) in [5.41, 5.74) is 5.37. The zero-order valence-electron chi connectivity index (χ0n) is 10.2. The van der Waals surface area contributed by atoms with E-state index in [0.717, 1.165) is 24.6 Å². The van der Waals surface area contributed by atoms with Gasteiger partial charge in [0, 0.05) is 24.7 Å². The molecular weight excluding hydrogens is 200 g/mol. The van der Waals surface area contributed by atoms with Gasteiger partial charge in [0.15, 0.2) is 0 Å². The molecule has 1 atom stereocenters. The molecule has 3 N–H and O–H groups in total. The highest BCUT2D eigenvalue weighted by atomic mass is 15.3. The highest BCUT2D eigenvalue weighted by Gasteiger charge is 2.27. The monoisotopic (exact) mass is 222 g/mol. The van der Waals surface area contributed by atoms with Gasteiger partial charge in [0.25, 0.3) is 0 Å². The minimum absolute atomic E-state index is 0.412. The highest BCUT2D eigenvalue weighted by Crippen LogP contribution is 2.30. The standard InChI is InChI=1S/C12H22N4/c1-3-16-11(7-9(2)15-16)8-12(14-13)10-5-4-6-10/h7,10,12,14H,3-6,8,13H2,1-2H3. The number of nitrogens with zero attached hydrogens (tertiary/aromatic N) is 2. The molecule has 0 bridgehead atoms. The summed E-state index contributed by atoms with van der Waals surface area (Å²) in [7, 11) is 0. The lowest BCUT2D eigenvalue weighted by atomic mass is 9.78. The van der Waals surface area contributed by atoms with Crippen molar-refractivity contribution >= 4 is 0 Å². The van der Waals surface area contributed by atoms with Gasteiger partial charge in [-0.2, -0.15) is 5.10 Å². The van der Waals surface area contributed by atoms with Gasteiger partial charge in [-0.15, -0.1) is 0 Å². The summed E-state index contributed by atoms with van der Waals surface area (Å²) in [6.07, 6.45) is 4.98. The smallest absolute Gasteiger partial charge is 0.0596 e. The SMILES string of the molecule is CCn1nc(C)cc1CC(NN)C1CCC1. The largest absolute Gasteiger partial charge is 0.271 e. The van der Waals surface area contributed by atoms with Gasteiger partial charge in [-0.05, 0) is 38.7 Å². The van der Waals surface area contributed by atoms with E-state index in [4.69, 9.17) is 5.84 Å². The molecule has 0 spiro atoms. The number of nitrogens with two attached hydrogens (primary N) is 1. The lowest BCUT2D eigenvalue weighted by Crippen LogP contribution is -2.45. The van der Waals surface area contributed by atoms with Crippen molar-refractivity contribution < 1.29 is 0 Å². The second kappa shape index (κ2) is 4.97. The Bertz CT molecular complexity index is 341. The van der Waals surface area contributed by atoms with Crippen LogP contribution in [0.15, 0.2) is 6.07 Å². The van der Waals surface area contributed by atoms with Gasteiger partial charge in [-0.1, -0.05) is 6.42 Å². The fourth-order valence-electron chi connectivity index (χ4n) is 2.47. The molecule has 0 aromatic carbocycles. The van der Waals surface area contributed by atoms with E-state index >= 15 is 0 Å². The molecule has 90 valence electrons. The van der Waals surface area contributed by atoms with Crippen LogP contribution in [-0.2, 0) is 13.0 Å². The Morgan fingerprint density at radius 1 is 1.62 bits per heavy atom. The second-order valence-electron chi connectivity index (χ2n) is 4.76. The topological polar surface area (TPSA) is 55.9 Å². The molecule has 1 heterocycles. The van der Waals surface area contributed by atoms with E-state index in [1.165, 1.54) is 25.0 Å². The summed E-state index contributed by atoms with van der Waals surface area (Å²) in [6, 6.07) is 2.59. The van der Waals surface area contributed by atoms with Gasteiger partial charge in [0.1, 0.15) is 0 Å². The molecule has 1 aliphatic carbocycles. The first-order chi connectivity index (χ1) is 7.74. The summed E-state index contributed by atoms with van der Waals surface area (Å²) >= 11 is 0. The van der Waals surface area contributed by atoms with E-state index in [9.17, 15) is 0 Å². The molecule has 1 aromatic heterocycles. The number of aryl methyl sites for hydroxylation is 2. The molecule has 1 unspecified atom stereocenters. The van der Waals surface area contributed by atoms with Crippen LogP contribution in [0.5, 0.6) is 0 Å². The zero-order chi connectivity index (χ0) is 11.5. The van der Waals surface area contributed by atoms with Crippen molar-refractivity contribution in [3.63, 3.8) is 0 Å². The van der Waals surface area contributed by atoms with Crippen LogP contribution in [0.2, 0.25) is 0 Å². The number of hydrogen-bond acceptors (Lipinski definition) is 3. The van der Waals surface area contributed by atoms with Gasteiger partial charge in [-0.25, -0.2) is 0 Å². The minimum Gasteiger partial charge on any atom is -0.271 e. The Morgan fingerprint density at radius 2 is 2.38 bits per heavy atom. The third kappa shape index (κ3) is 2.28. The Balaban J connectivity index is 2.05. The van der Waals surface area contributed by atoms with E-state index in [2.05, 4.69) is 28.2 Å². The molecule has 0 aliphatic heterocycles. The Labute approximate surface area is 97.2 Å². The molecular formula is C12H22N4. The van der Waals surface area contributed by atoms with E-state index in [1.54, 1.807) is 0 Å². The molecule has 16 heavy (non-hydrogen) atoms. The van der Waals surface area contributed by atoms with Crippen molar-refractivity contribution in [3.05, 3.63) is 17.5 Å². The van der Waals surface area contributed by atoms with Crippen LogP contribution >= 0.6 is 0 Å². The van der Waals surface area contributed by atoms with Crippen LogP contribution in [0.3, 0.4) is 0 Å². The van der Waals surface area contributed by atoms with Crippen LogP contribution in [0.1, 0.15) is 37.6 Å². The summed E-state index contributed by atoms with van der Waals surface area (Å²) in [5, 5.41) is 4.47. The lowest BCUT2D eigenvalue weighted by molar-refractivity contribution is 0.226. The molecule has 1 saturated carbocycles. The van der Waals surface area contributed by atoms with Crippen molar-refractivity contribution in [1.82, 2.24) is 15.2 Å². The predicted molar refractivity (Wildman–Crippen MR) is 64.8 cm³/mol. The first kappa shape index (κ1) is 11.6. The fourth-order valence-corrected chi connectivity index (χ4v) is 2.47. The van der Waals surface area contributed by atoms with Crippen molar-refractivity contribution in [2.24, 2.45) is 11.8 Å². The number of hydrazine groups is 1. The summed E-state index contributed by atoms with van der Waals surface area (Å²) in [5.74, 6) is 6.40. The van der Waals surface area contributed by atoms with Crippen molar-refractivity contribution in [2.75, 3.05) is 0 Å². The molecule has 1 fully saturated rings. The van der Waals surface area contributed by atoms with Crippen LogP contribution in [0.4, 0.5) is 0 Å². The van der Waals surface area contributed by atoms with Crippen LogP contribution in [0.25, 0.3) is 0 Å². The fraction of sp³-hybridized carbons (Fsp3) is 0.750. The molecule has 2 rings (SSSR count). The number of nitrogens with one attached hydrogen (secondary N) is 1.